The van der Waals surface area contributed by atoms with Crippen LogP contribution < -0.4 is 5.32 Å². The molecule has 1 aliphatic carbocycles. The van der Waals surface area contributed by atoms with Crippen LogP contribution >= 0.6 is 11.3 Å². The number of carbonyl (C=O) groups is 2. The van der Waals surface area contributed by atoms with E-state index in [1.807, 2.05) is 66.1 Å². The van der Waals surface area contributed by atoms with Crippen molar-refractivity contribution in [3.8, 4) is 10.6 Å². The van der Waals surface area contributed by atoms with Gasteiger partial charge in [0.1, 0.15) is 11.0 Å². The van der Waals surface area contributed by atoms with Crippen LogP contribution in [0.25, 0.3) is 16.1 Å². The Labute approximate surface area is 172 Å². The summed E-state index contributed by atoms with van der Waals surface area (Å²) in [5.74, 6) is -1.37. The van der Waals surface area contributed by atoms with Crippen molar-refractivity contribution in [1.29, 1.82) is 0 Å². The number of nitrogens with zero attached hydrogens (tertiary/aromatic N) is 1. The monoisotopic (exact) mass is 404 g/mol. The van der Waals surface area contributed by atoms with E-state index in [1.165, 1.54) is 16.9 Å². The number of fused-ring (bicyclic) bond motifs is 1. The van der Waals surface area contributed by atoms with Crippen LogP contribution in [0.5, 0.6) is 0 Å². The minimum absolute atomic E-state index is 0.0583. The van der Waals surface area contributed by atoms with Gasteiger partial charge in [0.05, 0.1) is 12.1 Å². The molecule has 146 valence electrons. The number of nitrogens with one attached hydrogen (secondary N) is 1. The number of benzene rings is 2. The minimum atomic E-state index is -1.04. The van der Waals surface area contributed by atoms with Crippen LogP contribution in [-0.2, 0) is 22.4 Å². The van der Waals surface area contributed by atoms with Crippen molar-refractivity contribution >= 4 is 28.8 Å². The molecule has 1 aliphatic rings. The average molecular weight is 404 g/mol. The highest BCUT2D eigenvalue weighted by atomic mass is 32.1. The number of aliphatic carboxylic acids is 1. The lowest BCUT2D eigenvalue weighted by Crippen LogP contribution is -2.41. The van der Waals surface area contributed by atoms with Gasteiger partial charge in [-0.05, 0) is 23.1 Å². The van der Waals surface area contributed by atoms with E-state index in [0.29, 0.717) is 5.69 Å². The normalized spacial score (nSPS) is 13.4. The molecule has 0 radical (unpaired) electrons. The van der Waals surface area contributed by atoms with E-state index in [0.717, 1.165) is 28.1 Å². The molecule has 5 nitrogen and oxygen atoms in total. The van der Waals surface area contributed by atoms with Gasteiger partial charge in [-0.25, -0.2) is 9.78 Å². The molecule has 0 unspecified atom stereocenters. The maximum absolute atomic E-state index is 12.5. The summed E-state index contributed by atoms with van der Waals surface area (Å²) < 4.78 is 0. The third-order valence-corrected chi connectivity index (χ3v) is 5.84. The van der Waals surface area contributed by atoms with E-state index in [2.05, 4.69) is 10.3 Å². The van der Waals surface area contributed by atoms with Crippen molar-refractivity contribution in [3.63, 3.8) is 0 Å². The molecule has 0 saturated carbocycles. The molecule has 4 rings (SSSR count). The van der Waals surface area contributed by atoms with Crippen molar-refractivity contribution < 1.29 is 14.7 Å². The fourth-order valence-corrected chi connectivity index (χ4v) is 4.31. The van der Waals surface area contributed by atoms with Gasteiger partial charge in [0.15, 0.2) is 0 Å². The Balaban J connectivity index is 1.40. The highest BCUT2D eigenvalue weighted by Gasteiger charge is 2.24. The quantitative estimate of drug-likeness (QED) is 0.625. The molecule has 0 aliphatic heterocycles. The summed E-state index contributed by atoms with van der Waals surface area (Å²) in [5.41, 5.74) is 4.86. The number of carboxylic acid groups (broad SMARTS) is 1. The number of amides is 1. The van der Waals surface area contributed by atoms with E-state index >= 15 is 0 Å². The summed E-state index contributed by atoms with van der Waals surface area (Å²) in [6, 6.07) is 16.7. The second kappa shape index (κ2) is 8.41. The lowest BCUT2D eigenvalue weighted by molar-refractivity contribution is -0.141. The number of hydrogen-bond donors (Lipinski definition) is 2. The molecule has 0 bridgehead atoms. The molecule has 1 amide bonds. The highest BCUT2D eigenvalue weighted by molar-refractivity contribution is 7.13. The fourth-order valence-electron chi connectivity index (χ4n) is 3.48. The Kier molecular flexibility index (Phi) is 5.53. The molecule has 6 heteroatoms. The molecule has 1 heterocycles. The van der Waals surface area contributed by atoms with E-state index in [-0.39, 0.29) is 18.7 Å². The zero-order valence-electron chi connectivity index (χ0n) is 15.7. The number of carboxylic acids is 1. The van der Waals surface area contributed by atoms with Crippen LogP contribution in [0.2, 0.25) is 0 Å². The predicted molar refractivity (Wildman–Crippen MR) is 114 cm³/mol. The number of hydrogen-bond acceptors (Lipinski definition) is 4. The zero-order chi connectivity index (χ0) is 20.2. The Bertz CT molecular complexity index is 1070. The fraction of sp³-hybridized carbons (Fsp3) is 0.174. The summed E-state index contributed by atoms with van der Waals surface area (Å²) >= 11 is 1.47. The largest absolute Gasteiger partial charge is 0.480 e. The van der Waals surface area contributed by atoms with Crippen molar-refractivity contribution in [2.24, 2.45) is 0 Å². The van der Waals surface area contributed by atoms with Gasteiger partial charge < -0.3 is 10.4 Å². The van der Waals surface area contributed by atoms with Gasteiger partial charge in [0, 0.05) is 17.4 Å². The van der Waals surface area contributed by atoms with Crippen LogP contribution in [0.4, 0.5) is 0 Å². The van der Waals surface area contributed by atoms with Crippen LogP contribution in [0, 0.1) is 0 Å². The van der Waals surface area contributed by atoms with E-state index in [4.69, 9.17) is 0 Å². The van der Waals surface area contributed by atoms with Crippen molar-refractivity contribution in [1.82, 2.24) is 10.3 Å². The van der Waals surface area contributed by atoms with Crippen molar-refractivity contribution in [2.75, 3.05) is 0 Å². The summed E-state index contributed by atoms with van der Waals surface area (Å²) in [7, 11) is 0. The first-order valence-electron chi connectivity index (χ1n) is 9.39. The molecular formula is C23H20N2O3S. The molecule has 29 heavy (non-hydrogen) atoms. The number of rotatable bonds is 7. The van der Waals surface area contributed by atoms with E-state index in [9.17, 15) is 14.7 Å². The molecule has 2 aromatic carbocycles. The Morgan fingerprint density at radius 3 is 2.66 bits per heavy atom. The SMILES string of the molecule is O=C(Cc1csc(-c2ccccc2)n1)N[C@H](CC1=CCc2ccccc21)C(=O)O. The molecule has 1 aromatic heterocycles. The first kappa shape index (κ1) is 19.1. The number of aromatic nitrogens is 1. The molecule has 0 spiro atoms. The van der Waals surface area contributed by atoms with Crippen LogP contribution in [0.1, 0.15) is 23.2 Å². The minimum Gasteiger partial charge on any atom is -0.480 e. The Hall–Kier alpha value is -3.25. The highest BCUT2D eigenvalue weighted by Crippen LogP contribution is 2.30. The van der Waals surface area contributed by atoms with Crippen LogP contribution in [-0.4, -0.2) is 28.0 Å². The molecular weight excluding hydrogens is 384 g/mol. The van der Waals surface area contributed by atoms with Gasteiger partial charge >= 0.3 is 5.97 Å². The second-order valence-corrected chi connectivity index (χ2v) is 7.80. The first-order chi connectivity index (χ1) is 14.1. The lowest BCUT2D eigenvalue weighted by atomic mass is 9.99. The molecule has 0 fully saturated rings. The van der Waals surface area contributed by atoms with Crippen LogP contribution in [0.15, 0.2) is 66.1 Å². The smallest absolute Gasteiger partial charge is 0.326 e. The number of allylic oxidation sites excluding steroid dienone is 1. The Morgan fingerprint density at radius 1 is 1.10 bits per heavy atom. The molecule has 0 saturated heterocycles. The topological polar surface area (TPSA) is 79.3 Å². The maximum atomic E-state index is 12.5. The average Bonchev–Trinajstić information content (AvgIpc) is 3.35. The van der Waals surface area contributed by atoms with Crippen molar-refractivity contribution in [3.05, 3.63) is 82.9 Å². The van der Waals surface area contributed by atoms with Crippen molar-refractivity contribution in [2.45, 2.75) is 25.3 Å². The maximum Gasteiger partial charge on any atom is 0.326 e. The first-order valence-corrected chi connectivity index (χ1v) is 10.3. The van der Waals surface area contributed by atoms with Gasteiger partial charge in [0.2, 0.25) is 5.91 Å². The summed E-state index contributed by atoms with van der Waals surface area (Å²) in [6.07, 6.45) is 3.17. The molecule has 1 atom stereocenters. The lowest BCUT2D eigenvalue weighted by Gasteiger charge is -2.16. The van der Waals surface area contributed by atoms with Crippen LogP contribution in [0.3, 0.4) is 0 Å². The molecule has 3 aromatic rings. The second-order valence-electron chi connectivity index (χ2n) is 6.94. The van der Waals surface area contributed by atoms with Gasteiger partial charge in [-0.15, -0.1) is 11.3 Å². The third-order valence-electron chi connectivity index (χ3n) is 4.90. The Morgan fingerprint density at radius 2 is 1.86 bits per heavy atom. The standard InChI is InChI=1S/C23H20N2O3S/c26-21(13-18-14-29-22(24-18)16-7-2-1-3-8-16)25-20(23(27)28)12-17-11-10-15-6-4-5-9-19(15)17/h1-9,11,14,20H,10,12-13H2,(H,25,26)(H,27,28)/t20-/m1/s1. The predicted octanol–water partition coefficient (Wildman–Crippen LogP) is 3.95. The van der Waals surface area contributed by atoms with E-state index < -0.39 is 12.0 Å². The van der Waals surface area contributed by atoms with E-state index in [1.54, 1.807) is 0 Å². The summed E-state index contributed by atoms with van der Waals surface area (Å²) in [4.78, 5) is 28.7. The van der Waals surface area contributed by atoms with Gasteiger partial charge in [0.25, 0.3) is 0 Å². The van der Waals surface area contributed by atoms with Gasteiger partial charge in [-0.1, -0.05) is 60.7 Å². The summed E-state index contributed by atoms with van der Waals surface area (Å²) in [5, 5.41) is 14.9. The zero-order valence-corrected chi connectivity index (χ0v) is 16.5. The summed E-state index contributed by atoms with van der Waals surface area (Å²) in [6.45, 7) is 0. The van der Waals surface area contributed by atoms with Gasteiger partial charge in [-0.3, -0.25) is 4.79 Å². The third kappa shape index (κ3) is 4.43. The number of thiazole rings is 1. The molecule has 2 N–H and O–H groups in total. The van der Waals surface area contributed by atoms with Gasteiger partial charge in [-0.2, -0.15) is 0 Å². The number of carbonyl (C=O) groups excluding carboxylic acids is 1.